The fourth-order valence-electron chi connectivity index (χ4n) is 2.98. The molecule has 1 atom stereocenters. The van der Waals surface area contributed by atoms with E-state index in [-0.39, 0.29) is 30.2 Å². The summed E-state index contributed by atoms with van der Waals surface area (Å²) in [7, 11) is 0. The average Bonchev–Trinajstić information content (AvgIpc) is 2.85. The Morgan fingerprint density at radius 1 is 1.05 bits per heavy atom. The van der Waals surface area contributed by atoms with Crippen LogP contribution in [0.25, 0.3) is 0 Å². The Hall–Kier alpha value is -1.79. The number of amides is 3. The number of carbonyl (C=O) groups is 3. The monoisotopic (exact) mass is 283 g/mol. The molecule has 0 aromatic rings. The molecule has 2 heterocycles. The fraction of sp³-hybridized carbons (Fsp3) is 0.769. The van der Waals surface area contributed by atoms with Gasteiger partial charge in [-0.2, -0.15) is 0 Å². The summed E-state index contributed by atoms with van der Waals surface area (Å²) in [5.41, 5.74) is 5.27. The number of carbonyl (C=O) groups excluding carboxylic acids is 2. The summed E-state index contributed by atoms with van der Waals surface area (Å²) in [4.78, 5) is 37.5. The lowest BCUT2D eigenvalue weighted by molar-refractivity contribution is -0.138. The maximum atomic E-state index is 12.3. The van der Waals surface area contributed by atoms with Crippen molar-refractivity contribution in [1.82, 2.24) is 9.80 Å². The third-order valence-corrected chi connectivity index (χ3v) is 4.19. The minimum Gasteiger partial charge on any atom is -0.481 e. The Bertz CT molecular complexity index is 400. The first-order valence-electron chi connectivity index (χ1n) is 7.02. The van der Waals surface area contributed by atoms with Gasteiger partial charge in [0, 0.05) is 38.5 Å². The summed E-state index contributed by atoms with van der Waals surface area (Å²) in [6.45, 7) is 2.23. The Kier molecular flexibility index (Phi) is 4.46. The van der Waals surface area contributed by atoms with Gasteiger partial charge in [-0.05, 0) is 25.2 Å². The van der Waals surface area contributed by atoms with Gasteiger partial charge in [-0.15, -0.1) is 0 Å². The van der Waals surface area contributed by atoms with Crippen molar-refractivity contribution >= 4 is 17.9 Å². The number of carboxylic acid groups (broad SMARTS) is 1. The molecule has 20 heavy (non-hydrogen) atoms. The third-order valence-electron chi connectivity index (χ3n) is 4.19. The van der Waals surface area contributed by atoms with Crippen molar-refractivity contribution in [2.24, 2.45) is 17.6 Å². The molecule has 112 valence electrons. The molecule has 0 saturated carbocycles. The Balaban J connectivity index is 1.81. The lowest BCUT2D eigenvalue weighted by Crippen LogP contribution is -2.47. The van der Waals surface area contributed by atoms with E-state index in [2.05, 4.69) is 0 Å². The van der Waals surface area contributed by atoms with E-state index in [0.717, 1.165) is 6.42 Å². The van der Waals surface area contributed by atoms with Crippen molar-refractivity contribution in [3.63, 3.8) is 0 Å². The zero-order valence-corrected chi connectivity index (χ0v) is 11.5. The molecule has 7 nitrogen and oxygen atoms in total. The van der Waals surface area contributed by atoms with Gasteiger partial charge in [0.25, 0.3) is 0 Å². The molecule has 2 saturated heterocycles. The van der Waals surface area contributed by atoms with E-state index in [0.29, 0.717) is 39.0 Å². The maximum Gasteiger partial charge on any atom is 0.320 e. The van der Waals surface area contributed by atoms with Crippen molar-refractivity contribution in [2.45, 2.75) is 25.7 Å². The van der Waals surface area contributed by atoms with Gasteiger partial charge < -0.3 is 20.6 Å². The summed E-state index contributed by atoms with van der Waals surface area (Å²) in [5.74, 6) is -1.18. The van der Waals surface area contributed by atoms with Crippen molar-refractivity contribution in [3.05, 3.63) is 0 Å². The lowest BCUT2D eigenvalue weighted by atomic mass is 9.96. The first-order chi connectivity index (χ1) is 9.47. The maximum absolute atomic E-state index is 12.3. The number of likely N-dealkylation sites (tertiary alicyclic amines) is 2. The Labute approximate surface area is 117 Å². The summed E-state index contributed by atoms with van der Waals surface area (Å²) in [6.07, 6.45) is 2.10. The number of hydrogen-bond acceptors (Lipinski definition) is 3. The first-order valence-corrected chi connectivity index (χ1v) is 7.02. The number of rotatable bonds is 3. The molecule has 0 bridgehead atoms. The number of aliphatic carboxylic acids is 1. The highest BCUT2D eigenvalue weighted by atomic mass is 16.4. The molecule has 0 aliphatic carbocycles. The summed E-state index contributed by atoms with van der Waals surface area (Å²) in [5, 5.41) is 8.77. The SMILES string of the molecule is NC(=O)C1CCN(C(=O)N2CCC(CC(=O)O)C2)CC1. The number of piperidine rings is 1. The molecule has 2 rings (SSSR count). The van der Waals surface area contributed by atoms with Gasteiger partial charge in [0.2, 0.25) is 5.91 Å². The zero-order chi connectivity index (χ0) is 14.7. The molecule has 2 fully saturated rings. The van der Waals surface area contributed by atoms with Crippen LogP contribution >= 0.6 is 0 Å². The highest BCUT2D eigenvalue weighted by Gasteiger charge is 2.32. The van der Waals surface area contributed by atoms with Crippen LogP contribution in [0.4, 0.5) is 4.79 Å². The molecule has 2 aliphatic rings. The smallest absolute Gasteiger partial charge is 0.320 e. The lowest BCUT2D eigenvalue weighted by Gasteiger charge is -2.33. The van der Waals surface area contributed by atoms with Crippen LogP contribution in [0.5, 0.6) is 0 Å². The predicted molar refractivity (Wildman–Crippen MR) is 70.8 cm³/mol. The minimum atomic E-state index is -0.813. The van der Waals surface area contributed by atoms with Gasteiger partial charge >= 0.3 is 12.0 Å². The third kappa shape index (κ3) is 3.40. The molecule has 0 aromatic heterocycles. The van der Waals surface area contributed by atoms with E-state index >= 15 is 0 Å². The van der Waals surface area contributed by atoms with Gasteiger partial charge in [-0.3, -0.25) is 9.59 Å². The highest BCUT2D eigenvalue weighted by Crippen LogP contribution is 2.23. The summed E-state index contributed by atoms with van der Waals surface area (Å²) in [6, 6.07) is -0.0409. The number of urea groups is 1. The van der Waals surface area contributed by atoms with Crippen LogP contribution < -0.4 is 5.73 Å². The van der Waals surface area contributed by atoms with E-state index in [4.69, 9.17) is 10.8 Å². The minimum absolute atomic E-state index is 0.0409. The number of nitrogens with two attached hydrogens (primary N) is 1. The van der Waals surface area contributed by atoms with Crippen LogP contribution in [0.15, 0.2) is 0 Å². The van der Waals surface area contributed by atoms with Crippen LogP contribution in [0.3, 0.4) is 0 Å². The Morgan fingerprint density at radius 3 is 2.20 bits per heavy atom. The van der Waals surface area contributed by atoms with Gasteiger partial charge in [-0.1, -0.05) is 0 Å². The molecular weight excluding hydrogens is 262 g/mol. The molecule has 3 N–H and O–H groups in total. The van der Waals surface area contributed by atoms with Crippen molar-refractivity contribution < 1.29 is 19.5 Å². The van der Waals surface area contributed by atoms with Crippen LogP contribution in [0, 0.1) is 11.8 Å². The molecule has 0 aromatic carbocycles. The van der Waals surface area contributed by atoms with Crippen molar-refractivity contribution in [3.8, 4) is 0 Å². The Morgan fingerprint density at radius 2 is 1.65 bits per heavy atom. The van der Waals surface area contributed by atoms with E-state index in [1.807, 2.05) is 0 Å². The second-order valence-electron chi connectivity index (χ2n) is 5.64. The second-order valence-corrected chi connectivity index (χ2v) is 5.64. The average molecular weight is 283 g/mol. The normalized spacial score (nSPS) is 23.9. The van der Waals surface area contributed by atoms with E-state index in [9.17, 15) is 14.4 Å². The number of primary amides is 1. The molecule has 1 unspecified atom stereocenters. The van der Waals surface area contributed by atoms with E-state index < -0.39 is 5.97 Å². The number of carboxylic acids is 1. The van der Waals surface area contributed by atoms with Crippen molar-refractivity contribution in [2.75, 3.05) is 26.2 Å². The molecule has 7 heteroatoms. The van der Waals surface area contributed by atoms with Gasteiger partial charge in [0.15, 0.2) is 0 Å². The fourth-order valence-corrected chi connectivity index (χ4v) is 2.98. The van der Waals surface area contributed by atoms with Crippen LogP contribution in [-0.2, 0) is 9.59 Å². The standard InChI is InChI=1S/C13H21N3O4/c14-12(19)10-2-5-15(6-3-10)13(20)16-4-1-9(8-16)7-11(17)18/h9-10H,1-8H2,(H2,14,19)(H,17,18). The quantitative estimate of drug-likeness (QED) is 0.766. The topological polar surface area (TPSA) is 104 Å². The van der Waals surface area contributed by atoms with Gasteiger partial charge in [-0.25, -0.2) is 4.79 Å². The molecule has 0 spiro atoms. The van der Waals surface area contributed by atoms with Gasteiger partial charge in [0.1, 0.15) is 0 Å². The summed E-state index contributed by atoms with van der Waals surface area (Å²) < 4.78 is 0. The van der Waals surface area contributed by atoms with Crippen LogP contribution in [0.2, 0.25) is 0 Å². The highest BCUT2D eigenvalue weighted by molar-refractivity contribution is 5.78. The second kappa shape index (κ2) is 6.11. The number of nitrogens with zero attached hydrogens (tertiary/aromatic N) is 2. The van der Waals surface area contributed by atoms with E-state index in [1.165, 1.54) is 0 Å². The zero-order valence-electron chi connectivity index (χ0n) is 11.5. The van der Waals surface area contributed by atoms with Crippen LogP contribution in [-0.4, -0.2) is 59.0 Å². The predicted octanol–water partition coefficient (Wildman–Crippen LogP) is 0.100. The number of hydrogen-bond donors (Lipinski definition) is 2. The molecule has 0 radical (unpaired) electrons. The van der Waals surface area contributed by atoms with Crippen LogP contribution in [0.1, 0.15) is 25.7 Å². The first kappa shape index (κ1) is 14.6. The largest absolute Gasteiger partial charge is 0.481 e. The summed E-state index contributed by atoms with van der Waals surface area (Å²) >= 11 is 0. The molecule has 2 aliphatic heterocycles. The van der Waals surface area contributed by atoms with E-state index in [1.54, 1.807) is 9.80 Å². The molecule has 3 amide bonds. The van der Waals surface area contributed by atoms with Crippen molar-refractivity contribution in [1.29, 1.82) is 0 Å². The van der Waals surface area contributed by atoms with Gasteiger partial charge in [0.05, 0.1) is 0 Å². The molecular formula is C13H21N3O4.